The number of nitro benzene ring substituents is 1. The number of non-ortho nitro benzene ring substituents is 1. The summed E-state index contributed by atoms with van der Waals surface area (Å²) in [4.78, 5) is 45.9. The lowest BCUT2D eigenvalue weighted by atomic mass is 9.98. The highest BCUT2D eigenvalue weighted by atomic mass is 32.2. The number of carbonyl (C=O) groups is 2. The van der Waals surface area contributed by atoms with Gasteiger partial charge in [-0.2, -0.15) is 0 Å². The summed E-state index contributed by atoms with van der Waals surface area (Å²) in [7, 11) is -2.49. The van der Waals surface area contributed by atoms with Crippen LogP contribution in [0.1, 0.15) is 22.9 Å². The van der Waals surface area contributed by atoms with Crippen molar-refractivity contribution in [2.75, 3.05) is 4.90 Å². The van der Waals surface area contributed by atoms with Crippen molar-refractivity contribution in [1.29, 1.82) is 0 Å². The Kier molecular flexibility index (Phi) is 6.36. The molecule has 2 aromatic heterocycles. The SMILES string of the molecule is Cc1ccc(/C(O)=C2\C(=O)C(=O)N(c3ncc(S(=O)(=O)c4ccc([N+](=O)[O-])cc4)s3)C2c2cncn2C)cc1. The molecule has 0 spiro atoms. The van der Waals surface area contributed by atoms with Gasteiger partial charge in [-0.15, -0.1) is 0 Å². The molecule has 0 radical (unpaired) electrons. The normalized spacial score (nSPS) is 17.1. The summed E-state index contributed by atoms with van der Waals surface area (Å²) >= 11 is 0.653. The molecule has 1 atom stereocenters. The Hall–Kier alpha value is -4.69. The maximum atomic E-state index is 13.3. The molecule has 1 fully saturated rings. The van der Waals surface area contributed by atoms with Crippen LogP contribution in [0.25, 0.3) is 5.76 Å². The number of hydrogen-bond donors (Lipinski definition) is 1. The number of Topliss-reactive ketones (excluding diaryl/α,β-unsaturated/α-hetero) is 1. The van der Waals surface area contributed by atoms with Crippen molar-refractivity contribution in [2.24, 2.45) is 7.05 Å². The molecule has 0 saturated carbocycles. The first-order valence-electron chi connectivity index (χ1n) is 11.3. The first kappa shape index (κ1) is 25.9. The van der Waals surface area contributed by atoms with E-state index in [-0.39, 0.29) is 25.5 Å². The first-order valence-corrected chi connectivity index (χ1v) is 13.6. The van der Waals surface area contributed by atoms with Crippen LogP contribution in [0.5, 0.6) is 0 Å². The second-order valence-electron chi connectivity index (χ2n) is 8.68. The highest BCUT2D eigenvalue weighted by Gasteiger charge is 2.49. The Labute approximate surface area is 225 Å². The highest BCUT2D eigenvalue weighted by Crippen LogP contribution is 2.44. The lowest BCUT2D eigenvalue weighted by molar-refractivity contribution is -0.384. The Bertz CT molecular complexity index is 1770. The number of rotatable bonds is 6. The fraction of sp³-hybridized carbons (Fsp3) is 0.120. The van der Waals surface area contributed by atoms with Gasteiger partial charge in [-0.05, 0) is 19.1 Å². The maximum Gasteiger partial charge on any atom is 0.301 e. The predicted molar refractivity (Wildman–Crippen MR) is 140 cm³/mol. The van der Waals surface area contributed by atoms with Crippen molar-refractivity contribution < 1.29 is 28.0 Å². The number of aliphatic hydroxyl groups is 1. The Morgan fingerprint density at radius 3 is 2.33 bits per heavy atom. The van der Waals surface area contributed by atoms with E-state index in [0.717, 1.165) is 40.9 Å². The zero-order valence-corrected chi connectivity index (χ0v) is 22.0. The van der Waals surface area contributed by atoms with Crippen molar-refractivity contribution in [2.45, 2.75) is 22.1 Å². The van der Waals surface area contributed by atoms with Gasteiger partial charge in [0.25, 0.3) is 11.5 Å². The molecule has 1 unspecified atom stereocenters. The van der Waals surface area contributed by atoms with Crippen LogP contribution in [0.4, 0.5) is 10.8 Å². The monoisotopic (exact) mass is 565 g/mol. The summed E-state index contributed by atoms with van der Waals surface area (Å²) in [5.41, 5.74) is 1.18. The summed E-state index contributed by atoms with van der Waals surface area (Å²) in [6.07, 6.45) is 3.96. The molecule has 1 saturated heterocycles. The van der Waals surface area contributed by atoms with Crippen LogP contribution < -0.4 is 4.90 Å². The number of nitro groups is 1. The number of hydrogen-bond acceptors (Lipinski definition) is 10. The maximum absolute atomic E-state index is 13.3. The van der Waals surface area contributed by atoms with Gasteiger partial charge in [0.15, 0.2) is 5.13 Å². The van der Waals surface area contributed by atoms with Crippen molar-refractivity contribution in [3.63, 3.8) is 0 Å². The standard InChI is InChI=1S/C25H19N5O7S2/c1-14-3-5-15(6-4-14)22(31)20-21(18-11-26-13-28(18)2)29(24(33)23(20)32)25-27-12-19(38-25)39(36,37)17-9-7-16(8-10-17)30(34)35/h3-13,21,31H,1-2H3/b22-20+. The summed E-state index contributed by atoms with van der Waals surface area (Å²) in [6.45, 7) is 1.86. The quantitative estimate of drug-likeness (QED) is 0.121. The lowest BCUT2D eigenvalue weighted by Crippen LogP contribution is -2.30. The molecular weight excluding hydrogens is 546 g/mol. The Balaban J connectivity index is 1.61. The summed E-state index contributed by atoms with van der Waals surface area (Å²) in [6, 6.07) is 9.96. The summed E-state index contributed by atoms with van der Waals surface area (Å²) in [5, 5.41) is 22.0. The molecule has 1 aliphatic rings. The predicted octanol–water partition coefficient (Wildman–Crippen LogP) is 3.55. The van der Waals surface area contributed by atoms with Crippen LogP contribution in [0.15, 0.2) is 81.9 Å². The number of aryl methyl sites for hydroxylation is 2. The van der Waals surface area contributed by atoms with E-state index in [0.29, 0.717) is 22.6 Å². The van der Waals surface area contributed by atoms with Gasteiger partial charge in [-0.3, -0.25) is 24.6 Å². The van der Waals surface area contributed by atoms with E-state index < -0.39 is 38.3 Å². The van der Waals surface area contributed by atoms with Gasteiger partial charge in [-0.1, -0.05) is 41.2 Å². The number of aliphatic hydroxyl groups excluding tert-OH is 1. The van der Waals surface area contributed by atoms with Gasteiger partial charge >= 0.3 is 5.91 Å². The third kappa shape index (κ3) is 4.38. The fourth-order valence-corrected chi connectivity index (χ4v) is 6.70. The van der Waals surface area contributed by atoms with Crippen molar-refractivity contribution in [3.05, 3.63) is 99.8 Å². The number of aromatic nitrogens is 3. The fourth-order valence-electron chi connectivity index (χ4n) is 4.16. The van der Waals surface area contributed by atoms with Gasteiger partial charge < -0.3 is 9.67 Å². The van der Waals surface area contributed by atoms with E-state index >= 15 is 0 Å². The molecule has 1 amide bonds. The molecule has 12 nitrogen and oxygen atoms in total. The number of nitrogens with zero attached hydrogens (tertiary/aromatic N) is 5. The first-order chi connectivity index (χ1) is 18.5. The van der Waals surface area contributed by atoms with E-state index in [1.807, 2.05) is 6.92 Å². The second kappa shape index (κ2) is 9.56. The molecule has 5 rings (SSSR count). The van der Waals surface area contributed by atoms with Crippen LogP contribution in [0, 0.1) is 17.0 Å². The van der Waals surface area contributed by atoms with Crippen LogP contribution >= 0.6 is 11.3 Å². The molecule has 0 bridgehead atoms. The van der Waals surface area contributed by atoms with Crippen molar-refractivity contribution >= 4 is 49.4 Å². The second-order valence-corrected chi connectivity index (χ2v) is 11.9. The van der Waals surface area contributed by atoms with Gasteiger partial charge in [0.1, 0.15) is 16.0 Å². The molecule has 1 aliphatic heterocycles. The molecule has 14 heteroatoms. The minimum absolute atomic E-state index is 0.0910. The zero-order chi connectivity index (χ0) is 28.1. The topological polar surface area (TPSA) is 166 Å². The number of ketones is 1. The number of sulfone groups is 1. The summed E-state index contributed by atoms with van der Waals surface area (Å²) in [5.74, 6) is -2.35. The van der Waals surface area contributed by atoms with Crippen molar-refractivity contribution in [1.82, 2.24) is 14.5 Å². The van der Waals surface area contributed by atoms with E-state index in [1.54, 1.807) is 35.9 Å². The average Bonchev–Trinajstić information content (AvgIpc) is 3.63. The van der Waals surface area contributed by atoms with Crippen LogP contribution in [-0.2, 0) is 26.5 Å². The molecule has 4 aromatic rings. The minimum atomic E-state index is -4.15. The van der Waals surface area contributed by atoms with E-state index in [1.165, 1.54) is 12.5 Å². The van der Waals surface area contributed by atoms with Crippen LogP contribution in [0.2, 0.25) is 0 Å². The van der Waals surface area contributed by atoms with Crippen LogP contribution in [0.3, 0.4) is 0 Å². The molecular formula is C25H19N5O7S2. The van der Waals surface area contributed by atoms with E-state index in [2.05, 4.69) is 9.97 Å². The molecule has 39 heavy (non-hydrogen) atoms. The third-order valence-corrected chi connectivity index (χ3v) is 9.43. The zero-order valence-electron chi connectivity index (χ0n) is 20.4. The number of imidazole rings is 1. The number of carbonyl (C=O) groups excluding carboxylic acids is 2. The van der Waals surface area contributed by atoms with E-state index in [9.17, 15) is 33.2 Å². The van der Waals surface area contributed by atoms with E-state index in [4.69, 9.17) is 0 Å². The summed E-state index contributed by atoms with van der Waals surface area (Å²) < 4.78 is 27.7. The number of anilines is 1. The molecule has 198 valence electrons. The van der Waals surface area contributed by atoms with Gasteiger partial charge in [0, 0.05) is 24.7 Å². The van der Waals surface area contributed by atoms with Gasteiger partial charge in [0.05, 0.1) is 39.8 Å². The Morgan fingerprint density at radius 2 is 1.74 bits per heavy atom. The third-order valence-electron chi connectivity index (χ3n) is 6.20. The average molecular weight is 566 g/mol. The van der Waals surface area contributed by atoms with Crippen molar-refractivity contribution in [3.8, 4) is 0 Å². The molecule has 0 aliphatic carbocycles. The molecule has 1 N–H and O–H groups in total. The van der Waals surface area contributed by atoms with Gasteiger partial charge in [0.2, 0.25) is 9.84 Å². The number of thiazole rings is 1. The molecule has 2 aromatic carbocycles. The Morgan fingerprint density at radius 1 is 1.08 bits per heavy atom. The molecule has 3 heterocycles. The minimum Gasteiger partial charge on any atom is -0.507 e. The van der Waals surface area contributed by atoms with Crippen LogP contribution in [-0.4, -0.2) is 44.7 Å². The highest BCUT2D eigenvalue weighted by molar-refractivity contribution is 7.93. The van der Waals surface area contributed by atoms with Gasteiger partial charge in [-0.25, -0.2) is 18.4 Å². The number of amides is 1. The largest absolute Gasteiger partial charge is 0.507 e. The smallest absolute Gasteiger partial charge is 0.301 e. The lowest BCUT2D eigenvalue weighted by Gasteiger charge is -2.22. The number of benzene rings is 2.